The van der Waals surface area contributed by atoms with Crippen LogP contribution in [0.2, 0.25) is 5.02 Å². The molecule has 1 unspecified atom stereocenters. The Morgan fingerprint density at radius 3 is 2.59 bits per heavy atom. The standard InChI is InChI=1S/C20H28ClN3O3/c1-20(2,3)19(27)22-12-7-10-17(25)23(4)16-11-13-24(18(16)26)15-9-6-5-8-14(15)21/h5-6,8-9,16H,7,10-13H2,1-4H3,(H,22,27). The Morgan fingerprint density at radius 1 is 1.30 bits per heavy atom. The molecule has 1 N–H and O–H groups in total. The molecule has 1 aliphatic rings. The summed E-state index contributed by atoms with van der Waals surface area (Å²) >= 11 is 6.19. The minimum atomic E-state index is -0.474. The van der Waals surface area contributed by atoms with Crippen LogP contribution in [-0.4, -0.2) is 48.8 Å². The van der Waals surface area contributed by atoms with Crippen LogP contribution < -0.4 is 10.2 Å². The maximum atomic E-state index is 12.8. The molecule has 1 fully saturated rings. The van der Waals surface area contributed by atoms with Crippen molar-refractivity contribution < 1.29 is 14.4 Å². The van der Waals surface area contributed by atoms with Gasteiger partial charge in [0.1, 0.15) is 6.04 Å². The van der Waals surface area contributed by atoms with Crippen LogP contribution in [0.25, 0.3) is 0 Å². The number of para-hydroxylation sites is 1. The molecule has 0 aromatic heterocycles. The molecule has 0 bridgehead atoms. The first-order valence-electron chi connectivity index (χ1n) is 9.23. The highest BCUT2D eigenvalue weighted by Crippen LogP contribution is 2.30. The summed E-state index contributed by atoms with van der Waals surface area (Å²) in [4.78, 5) is 40.2. The Hall–Kier alpha value is -2.08. The van der Waals surface area contributed by atoms with E-state index in [1.54, 1.807) is 18.0 Å². The largest absolute Gasteiger partial charge is 0.356 e. The van der Waals surface area contributed by atoms with E-state index in [1.807, 2.05) is 39.0 Å². The van der Waals surface area contributed by atoms with Gasteiger partial charge in [0.25, 0.3) is 0 Å². The molecule has 1 saturated heterocycles. The minimum absolute atomic E-state index is 0.0374. The monoisotopic (exact) mass is 393 g/mol. The number of nitrogens with zero attached hydrogens (tertiary/aromatic N) is 2. The lowest BCUT2D eigenvalue weighted by atomic mass is 9.96. The lowest BCUT2D eigenvalue weighted by Crippen LogP contribution is -2.43. The maximum absolute atomic E-state index is 12.8. The number of rotatable bonds is 6. The van der Waals surface area contributed by atoms with Crippen molar-refractivity contribution in [3.63, 3.8) is 0 Å². The molecular weight excluding hydrogens is 366 g/mol. The van der Waals surface area contributed by atoms with Gasteiger partial charge in [-0.25, -0.2) is 0 Å². The summed E-state index contributed by atoms with van der Waals surface area (Å²) in [5, 5.41) is 3.35. The molecule has 1 atom stereocenters. The van der Waals surface area contributed by atoms with Gasteiger partial charge in [-0.15, -0.1) is 0 Å². The van der Waals surface area contributed by atoms with Gasteiger partial charge in [-0.05, 0) is 25.0 Å². The Labute approximate surface area is 165 Å². The highest BCUT2D eigenvalue weighted by atomic mass is 35.5. The minimum Gasteiger partial charge on any atom is -0.356 e. The van der Waals surface area contributed by atoms with E-state index in [4.69, 9.17) is 11.6 Å². The Morgan fingerprint density at radius 2 is 1.96 bits per heavy atom. The second-order valence-corrected chi connectivity index (χ2v) is 8.27. The molecule has 0 saturated carbocycles. The molecule has 1 aromatic carbocycles. The summed E-state index contributed by atoms with van der Waals surface area (Å²) < 4.78 is 0. The Balaban J connectivity index is 1.86. The van der Waals surface area contributed by atoms with Crippen molar-refractivity contribution in [3.05, 3.63) is 29.3 Å². The van der Waals surface area contributed by atoms with Crippen LogP contribution in [-0.2, 0) is 14.4 Å². The zero-order valence-corrected chi connectivity index (χ0v) is 17.2. The molecule has 27 heavy (non-hydrogen) atoms. The number of hydrogen-bond donors (Lipinski definition) is 1. The smallest absolute Gasteiger partial charge is 0.249 e. The number of carbonyl (C=O) groups excluding carboxylic acids is 3. The average molecular weight is 394 g/mol. The lowest BCUT2D eigenvalue weighted by Gasteiger charge is -2.24. The number of anilines is 1. The van der Waals surface area contributed by atoms with Crippen molar-refractivity contribution in [3.8, 4) is 0 Å². The molecule has 0 spiro atoms. The van der Waals surface area contributed by atoms with Crippen LogP contribution in [0.3, 0.4) is 0 Å². The normalized spacial score (nSPS) is 17.1. The topological polar surface area (TPSA) is 69.7 Å². The maximum Gasteiger partial charge on any atom is 0.249 e. The summed E-state index contributed by atoms with van der Waals surface area (Å²) in [6.07, 6.45) is 1.41. The SMILES string of the molecule is CN(C(=O)CCCNC(=O)C(C)(C)C)C1CCN(c2ccccc2Cl)C1=O. The molecule has 0 radical (unpaired) electrons. The summed E-state index contributed by atoms with van der Waals surface area (Å²) in [6.45, 7) is 6.51. The van der Waals surface area contributed by atoms with Gasteiger partial charge in [0, 0.05) is 32.0 Å². The number of carbonyl (C=O) groups is 3. The van der Waals surface area contributed by atoms with Crippen molar-refractivity contribution in [2.24, 2.45) is 5.41 Å². The van der Waals surface area contributed by atoms with Crippen LogP contribution >= 0.6 is 11.6 Å². The van der Waals surface area contributed by atoms with Gasteiger partial charge < -0.3 is 15.1 Å². The number of halogens is 1. The van der Waals surface area contributed by atoms with Crippen molar-refractivity contribution >= 4 is 35.0 Å². The van der Waals surface area contributed by atoms with Gasteiger partial charge in [-0.2, -0.15) is 0 Å². The lowest BCUT2D eigenvalue weighted by molar-refractivity contribution is -0.136. The van der Waals surface area contributed by atoms with E-state index in [1.165, 1.54) is 4.90 Å². The van der Waals surface area contributed by atoms with E-state index < -0.39 is 11.5 Å². The number of likely N-dealkylation sites (N-methyl/N-ethyl adjacent to an activating group) is 1. The van der Waals surface area contributed by atoms with E-state index in [2.05, 4.69) is 5.32 Å². The zero-order chi connectivity index (χ0) is 20.2. The van der Waals surface area contributed by atoms with Crippen LogP contribution in [0.1, 0.15) is 40.0 Å². The number of amides is 3. The fraction of sp³-hybridized carbons (Fsp3) is 0.550. The second-order valence-electron chi connectivity index (χ2n) is 7.86. The van der Waals surface area contributed by atoms with Crippen molar-refractivity contribution in [2.45, 2.75) is 46.1 Å². The first-order chi connectivity index (χ1) is 12.6. The summed E-state index contributed by atoms with van der Waals surface area (Å²) in [6, 6.07) is 6.74. The highest BCUT2D eigenvalue weighted by Gasteiger charge is 2.37. The number of benzene rings is 1. The predicted octanol–water partition coefficient (Wildman–Crippen LogP) is 2.85. The molecule has 0 aliphatic carbocycles. The molecule has 7 heteroatoms. The molecule has 3 amide bonds. The average Bonchev–Trinajstić information content (AvgIpc) is 2.98. The Kier molecular flexibility index (Phi) is 6.87. The van der Waals surface area contributed by atoms with Gasteiger partial charge in [-0.3, -0.25) is 14.4 Å². The predicted molar refractivity (Wildman–Crippen MR) is 107 cm³/mol. The Bertz CT molecular complexity index is 715. The van der Waals surface area contributed by atoms with Crippen LogP contribution in [0.5, 0.6) is 0 Å². The summed E-state index contributed by atoms with van der Waals surface area (Å²) in [5.41, 5.74) is 0.233. The highest BCUT2D eigenvalue weighted by molar-refractivity contribution is 6.34. The van der Waals surface area contributed by atoms with E-state index in [-0.39, 0.29) is 24.1 Å². The van der Waals surface area contributed by atoms with Crippen molar-refractivity contribution in [1.82, 2.24) is 10.2 Å². The molecule has 1 aromatic rings. The van der Waals surface area contributed by atoms with E-state index in [9.17, 15) is 14.4 Å². The molecule has 148 valence electrons. The van der Waals surface area contributed by atoms with Crippen LogP contribution in [0, 0.1) is 5.41 Å². The van der Waals surface area contributed by atoms with E-state index in [0.29, 0.717) is 36.6 Å². The van der Waals surface area contributed by atoms with E-state index in [0.717, 1.165) is 0 Å². The first-order valence-corrected chi connectivity index (χ1v) is 9.60. The third-order valence-corrected chi connectivity index (χ3v) is 5.04. The zero-order valence-electron chi connectivity index (χ0n) is 16.4. The summed E-state index contributed by atoms with van der Waals surface area (Å²) in [7, 11) is 1.66. The van der Waals surface area contributed by atoms with Crippen molar-refractivity contribution in [2.75, 3.05) is 25.0 Å². The van der Waals surface area contributed by atoms with Gasteiger partial charge in [-0.1, -0.05) is 44.5 Å². The fourth-order valence-corrected chi connectivity index (χ4v) is 3.23. The molecule has 1 heterocycles. The fourth-order valence-electron chi connectivity index (χ4n) is 2.99. The molecule has 1 aliphatic heterocycles. The van der Waals surface area contributed by atoms with E-state index >= 15 is 0 Å². The second kappa shape index (κ2) is 8.74. The van der Waals surface area contributed by atoms with Crippen molar-refractivity contribution in [1.29, 1.82) is 0 Å². The molecular formula is C20H28ClN3O3. The van der Waals surface area contributed by atoms with Gasteiger partial charge >= 0.3 is 0 Å². The third kappa shape index (κ3) is 5.22. The first kappa shape index (κ1) is 21.2. The number of hydrogen-bond acceptors (Lipinski definition) is 3. The molecule has 2 rings (SSSR count). The third-order valence-electron chi connectivity index (χ3n) is 4.72. The van der Waals surface area contributed by atoms with Crippen LogP contribution in [0.4, 0.5) is 5.69 Å². The summed E-state index contributed by atoms with van der Waals surface area (Å²) in [5.74, 6) is -0.246. The van der Waals surface area contributed by atoms with Gasteiger partial charge in [0.2, 0.25) is 17.7 Å². The van der Waals surface area contributed by atoms with Gasteiger partial charge in [0.05, 0.1) is 10.7 Å². The quantitative estimate of drug-likeness (QED) is 0.755. The van der Waals surface area contributed by atoms with Gasteiger partial charge in [0.15, 0.2) is 0 Å². The van der Waals surface area contributed by atoms with Crippen LogP contribution in [0.15, 0.2) is 24.3 Å². The number of nitrogens with one attached hydrogen (secondary N) is 1. The molecule has 6 nitrogen and oxygen atoms in total.